The normalized spacial score (nSPS) is 10.8. The smallest absolute Gasteiger partial charge is 0.251 e. The number of sulfonamides is 1. The number of rotatable bonds is 7. The standard InChI is InChI=1S/C23H20N4O4S/c24-15-16-5-11-19(12-6-16)27-22(28)13-14-26-23(29)18-9-7-17(8-10-18)20-3-1-2-4-21(20)32(25,30)31/h1-12H,13-14H2,(H,26,29)(H,27,28)(H2,25,30,31). The van der Waals surface area contributed by atoms with Crippen molar-refractivity contribution < 1.29 is 18.0 Å². The second-order valence-electron chi connectivity index (χ2n) is 6.86. The van der Waals surface area contributed by atoms with E-state index in [1.165, 1.54) is 6.07 Å². The molecule has 3 aromatic carbocycles. The van der Waals surface area contributed by atoms with Crippen molar-refractivity contribution in [1.29, 1.82) is 5.26 Å². The number of amides is 2. The van der Waals surface area contributed by atoms with Gasteiger partial charge < -0.3 is 10.6 Å². The zero-order valence-corrected chi connectivity index (χ0v) is 17.7. The van der Waals surface area contributed by atoms with Gasteiger partial charge in [-0.25, -0.2) is 13.6 Å². The van der Waals surface area contributed by atoms with Crippen LogP contribution < -0.4 is 15.8 Å². The Morgan fingerprint density at radius 2 is 1.59 bits per heavy atom. The summed E-state index contributed by atoms with van der Waals surface area (Å²) in [5.41, 5.74) is 2.48. The van der Waals surface area contributed by atoms with E-state index in [0.29, 0.717) is 27.9 Å². The molecule has 0 atom stereocenters. The topological polar surface area (TPSA) is 142 Å². The van der Waals surface area contributed by atoms with Gasteiger partial charge in [-0.1, -0.05) is 30.3 Å². The molecule has 0 heterocycles. The zero-order chi connectivity index (χ0) is 23.1. The summed E-state index contributed by atoms with van der Waals surface area (Å²) in [6.45, 7) is 0.136. The molecular weight excluding hydrogens is 428 g/mol. The molecule has 3 aromatic rings. The van der Waals surface area contributed by atoms with Gasteiger partial charge in [0.15, 0.2) is 0 Å². The highest BCUT2D eigenvalue weighted by molar-refractivity contribution is 7.89. The van der Waals surface area contributed by atoms with E-state index in [2.05, 4.69) is 10.6 Å². The first-order chi connectivity index (χ1) is 15.3. The van der Waals surface area contributed by atoms with E-state index >= 15 is 0 Å². The van der Waals surface area contributed by atoms with E-state index < -0.39 is 10.0 Å². The third-order valence-electron chi connectivity index (χ3n) is 4.59. The zero-order valence-electron chi connectivity index (χ0n) is 16.9. The van der Waals surface area contributed by atoms with Crippen molar-refractivity contribution in [3.05, 3.63) is 83.9 Å². The fraction of sp³-hybridized carbons (Fsp3) is 0.0870. The number of carbonyl (C=O) groups is 2. The van der Waals surface area contributed by atoms with Crippen LogP contribution in [0.1, 0.15) is 22.3 Å². The predicted octanol–water partition coefficient (Wildman–Crippen LogP) is 2.63. The SMILES string of the molecule is N#Cc1ccc(NC(=O)CCNC(=O)c2ccc(-c3ccccc3S(N)(=O)=O)cc2)cc1. The molecule has 0 saturated carbocycles. The van der Waals surface area contributed by atoms with Gasteiger partial charge >= 0.3 is 0 Å². The van der Waals surface area contributed by atoms with Crippen LogP contribution in [-0.4, -0.2) is 26.8 Å². The Bertz CT molecular complexity index is 1280. The Kier molecular flexibility index (Phi) is 7.00. The molecule has 3 rings (SSSR count). The van der Waals surface area contributed by atoms with Gasteiger partial charge in [-0.15, -0.1) is 0 Å². The predicted molar refractivity (Wildman–Crippen MR) is 120 cm³/mol. The Morgan fingerprint density at radius 3 is 2.22 bits per heavy atom. The lowest BCUT2D eigenvalue weighted by Gasteiger charge is -2.09. The molecule has 0 unspecified atom stereocenters. The van der Waals surface area contributed by atoms with Crippen molar-refractivity contribution in [1.82, 2.24) is 5.32 Å². The molecule has 4 N–H and O–H groups in total. The number of nitrogens with zero attached hydrogens (tertiary/aromatic N) is 1. The average Bonchev–Trinajstić information content (AvgIpc) is 2.79. The minimum absolute atomic E-state index is 0.00507. The monoisotopic (exact) mass is 448 g/mol. The third-order valence-corrected chi connectivity index (χ3v) is 5.56. The number of primary sulfonamides is 1. The van der Waals surface area contributed by atoms with Crippen LogP contribution >= 0.6 is 0 Å². The van der Waals surface area contributed by atoms with Crippen molar-refractivity contribution in [2.45, 2.75) is 11.3 Å². The molecule has 9 heteroatoms. The highest BCUT2D eigenvalue weighted by atomic mass is 32.2. The molecule has 0 aromatic heterocycles. The fourth-order valence-electron chi connectivity index (χ4n) is 3.00. The van der Waals surface area contributed by atoms with Crippen molar-refractivity contribution in [2.24, 2.45) is 5.14 Å². The third kappa shape index (κ3) is 5.78. The van der Waals surface area contributed by atoms with E-state index in [0.717, 1.165) is 0 Å². The molecule has 0 aliphatic rings. The first-order valence-electron chi connectivity index (χ1n) is 9.58. The largest absolute Gasteiger partial charge is 0.352 e. The molecule has 8 nitrogen and oxygen atoms in total. The summed E-state index contributed by atoms with van der Waals surface area (Å²) in [6.07, 6.45) is 0.0750. The van der Waals surface area contributed by atoms with Gasteiger partial charge in [-0.05, 0) is 48.0 Å². The first kappa shape index (κ1) is 22.7. The van der Waals surface area contributed by atoms with Crippen LogP contribution in [-0.2, 0) is 14.8 Å². The Labute approximate surface area is 185 Å². The number of nitrogens with one attached hydrogen (secondary N) is 2. The van der Waals surface area contributed by atoms with Crippen LogP contribution in [0.4, 0.5) is 5.69 Å². The van der Waals surface area contributed by atoms with Crippen LogP contribution in [0.2, 0.25) is 0 Å². The summed E-state index contributed by atoms with van der Waals surface area (Å²) in [7, 11) is -3.89. The minimum Gasteiger partial charge on any atom is -0.352 e. The maximum absolute atomic E-state index is 12.3. The molecule has 0 aliphatic heterocycles. The summed E-state index contributed by atoms with van der Waals surface area (Å²) in [5.74, 6) is -0.632. The molecule has 0 aliphatic carbocycles. The summed E-state index contributed by atoms with van der Waals surface area (Å²) in [4.78, 5) is 24.4. The number of carbonyl (C=O) groups excluding carboxylic acids is 2. The minimum atomic E-state index is -3.89. The molecule has 0 fully saturated rings. The fourth-order valence-corrected chi connectivity index (χ4v) is 3.76. The van der Waals surface area contributed by atoms with Crippen molar-refractivity contribution in [3.8, 4) is 17.2 Å². The lowest BCUT2D eigenvalue weighted by Crippen LogP contribution is -2.27. The summed E-state index contributed by atoms with van der Waals surface area (Å²) in [5, 5.41) is 19.4. The van der Waals surface area contributed by atoms with Gasteiger partial charge in [0.05, 0.1) is 16.5 Å². The van der Waals surface area contributed by atoms with E-state index in [-0.39, 0.29) is 29.7 Å². The molecule has 0 radical (unpaired) electrons. The van der Waals surface area contributed by atoms with Crippen LogP contribution in [0.3, 0.4) is 0 Å². The quantitative estimate of drug-likeness (QED) is 0.509. The maximum atomic E-state index is 12.3. The van der Waals surface area contributed by atoms with Crippen LogP contribution in [0.15, 0.2) is 77.7 Å². The van der Waals surface area contributed by atoms with E-state index in [4.69, 9.17) is 10.4 Å². The van der Waals surface area contributed by atoms with Gasteiger partial charge in [0.2, 0.25) is 15.9 Å². The number of nitriles is 1. The second-order valence-corrected chi connectivity index (χ2v) is 8.39. The Hall–Kier alpha value is -4.00. The van der Waals surface area contributed by atoms with E-state index in [9.17, 15) is 18.0 Å². The second kappa shape index (κ2) is 9.87. The van der Waals surface area contributed by atoms with Crippen LogP contribution in [0, 0.1) is 11.3 Å². The molecule has 2 amide bonds. The highest BCUT2D eigenvalue weighted by Gasteiger charge is 2.15. The van der Waals surface area contributed by atoms with Crippen molar-refractivity contribution in [3.63, 3.8) is 0 Å². The molecule has 32 heavy (non-hydrogen) atoms. The Balaban J connectivity index is 1.56. The molecule has 0 bridgehead atoms. The number of benzene rings is 3. The highest BCUT2D eigenvalue weighted by Crippen LogP contribution is 2.26. The van der Waals surface area contributed by atoms with Crippen molar-refractivity contribution in [2.75, 3.05) is 11.9 Å². The molecule has 0 spiro atoms. The lowest BCUT2D eigenvalue weighted by atomic mass is 10.0. The maximum Gasteiger partial charge on any atom is 0.251 e. The van der Waals surface area contributed by atoms with E-state index in [1.54, 1.807) is 66.7 Å². The summed E-state index contributed by atoms with van der Waals surface area (Å²) in [6, 6.07) is 21.2. The number of nitrogens with two attached hydrogens (primary N) is 1. The Morgan fingerprint density at radius 1 is 0.938 bits per heavy atom. The lowest BCUT2D eigenvalue weighted by molar-refractivity contribution is -0.116. The average molecular weight is 449 g/mol. The number of hydrogen-bond donors (Lipinski definition) is 3. The molecule has 0 saturated heterocycles. The van der Waals surface area contributed by atoms with Crippen LogP contribution in [0.5, 0.6) is 0 Å². The van der Waals surface area contributed by atoms with Crippen LogP contribution in [0.25, 0.3) is 11.1 Å². The van der Waals surface area contributed by atoms with Gasteiger partial charge in [-0.3, -0.25) is 9.59 Å². The summed E-state index contributed by atoms with van der Waals surface area (Å²) < 4.78 is 23.6. The molecular formula is C23H20N4O4S. The first-order valence-corrected chi connectivity index (χ1v) is 11.1. The number of hydrogen-bond acceptors (Lipinski definition) is 5. The van der Waals surface area contributed by atoms with Crippen molar-refractivity contribution >= 4 is 27.5 Å². The molecule has 162 valence electrons. The number of anilines is 1. The van der Waals surface area contributed by atoms with Gasteiger partial charge in [0, 0.05) is 29.8 Å². The summed E-state index contributed by atoms with van der Waals surface area (Å²) >= 11 is 0. The van der Waals surface area contributed by atoms with Gasteiger partial charge in [-0.2, -0.15) is 5.26 Å². The van der Waals surface area contributed by atoms with Gasteiger partial charge in [0.25, 0.3) is 5.91 Å². The van der Waals surface area contributed by atoms with E-state index in [1.807, 2.05) is 6.07 Å². The van der Waals surface area contributed by atoms with Gasteiger partial charge in [0.1, 0.15) is 0 Å².